The molecule has 0 radical (unpaired) electrons. The van der Waals surface area contributed by atoms with Gasteiger partial charge in [0.25, 0.3) is 5.91 Å². The van der Waals surface area contributed by atoms with Crippen LogP contribution in [-0.4, -0.2) is 16.6 Å². The summed E-state index contributed by atoms with van der Waals surface area (Å²) in [7, 11) is 0. The summed E-state index contributed by atoms with van der Waals surface area (Å²) in [5.74, 6) is -0.267. The molecule has 1 aromatic heterocycles. The number of benzene rings is 2. The molecule has 23 heavy (non-hydrogen) atoms. The Hall–Kier alpha value is -3.01. The number of carbonyl (C=O) groups excluding carboxylic acids is 1. The van der Waals surface area contributed by atoms with Crippen molar-refractivity contribution >= 4 is 22.4 Å². The van der Waals surface area contributed by atoms with Crippen molar-refractivity contribution in [1.82, 2.24) is 10.4 Å². The van der Waals surface area contributed by atoms with Crippen LogP contribution >= 0.6 is 0 Å². The van der Waals surface area contributed by atoms with E-state index in [0.29, 0.717) is 5.56 Å². The standard InChI is InChI=1S/C19H17N3O/c1-13-10-11-16(12-20-13)19(23)22-21-14(2)17-9-5-7-15-6-3-4-8-18(15)17/h3-12H,1-2H3,(H,22,23)/b21-14-. The average molecular weight is 303 g/mol. The van der Waals surface area contributed by atoms with Gasteiger partial charge >= 0.3 is 0 Å². The Kier molecular flexibility index (Phi) is 4.15. The highest BCUT2D eigenvalue weighted by Crippen LogP contribution is 2.19. The molecule has 0 unspecified atom stereocenters. The van der Waals surface area contributed by atoms with Gasteiger partial charge in [-0.3, -0.25) is 9.78 Å². The molecule has 2 aromatic carbocycles. The van der Waals surface area contributed by atoms with Crippen molar-refractivity contribution in [2.24, 2.45) is 5.10 Å². The van der Waals surface area contributed by atoms with Crippen LogP contribution in [0.5, 0.6) is 0 Å². The number of fused-ring (bicyclic) bond motifs is 1. The van der Waals surface area contributed by atoms with Gasteiger partial charge in [-0.2, -0.15) is 5.10 Å². The van der Waals surface area contributed by atoms with Crippen LogP contribution in [0, 0.1) is 6.92 Å². The Labute approximate surface area is 134 Å². The molecule has 1 N–H and O–H groups in total. The second kappa shape index (κ2) is 6.40. The lowest BCUT2D eigenvalue weighted by molar-refractivity contribution is 0.0954. The first-order valence-corrected chi connectivity index (χ1v) is 7.40. The molecule has 0 saturated heterocycles. The molecule has 3 rings (SSSR count). The SMILES string of the molecule is C/C(=N/NC(=O)c1ccc(C)nc1)c1cccc2ccccc12. The van der Waals surface area contributed by atoms with E-state index < -0.39 is 0 Å². The van der Waals surface area contributed by atoms with Crippen LogP contribution in [0.25, 0.3) is 10.8 Å². The van der Waals surface area contributed by atoms with Crippen LogP contribution in [0.4, 0.5) is 0 Å². The monoisotopic (exact) mass is 303 g/mol. The predicted octanol–water partition coefficient (Wildman–Crippen LogP) is 3.70. The first-order chi connectivity index (χ1) is 11.1. The van der Waals surface area contributed by atoms with Gasteiger partial charge in [0.05, 0.1) is 11.3 Å². The van der Waals surface area contributed by atoms with Gasteiger partial charge < -0.3 is 0 Å². The zero-order valence-electron chi connectivity index (χ0n) is 13.1. The highest BCUT2D eigenvalue weighted by Gasteiger charge is 2.07. The van der Waals surface area contributed by atoms with Gasteiger partial charge in [0.1, 0.15) is 0 Å². The van der Waals surface area contributed by atoms with Crippen molar-refractivity contribution < 1.29 is 4.79 Å². The lowest BCUT2D eigenvalue weighted by Crippen LogP contribution is -2.19. The van der Waals surface area contributed by atoms with Gasteiger partial charge in [0.15, 0.2) is 0 Å². The van der Waals surface area contributed by atoms with Gasteiger partial charge in [0, 0.05) is 17.5 Å². The first kappa shape index (κ1) is 14.9. The van der Waals surface area contributed by atoms with Crippen LogP contribution in [0.3, 0.4) is 0 Å². The fourth-order valence-corrected chi connectivity index (χ4v) is 2.40. The number of rotatable bonds is 3. The molecule has 4 nitrogen and oxygen atoms in total. The van der Waals surface area contributed by atoms with E-state index in [2.05, 4.69) is 33.7 Å². The number of aryl methyl sites for hydroxylation is 1. The molecular formula is C19H17N3O. The van der Waals surface area contributed by atoms with Crippen LogP contribution in [0.2, 0.25) is 0 Å². The van der Waals surface area contributed by atoms with E-state index in [9.17, 15) is 4.79 Å². The summed E-state index contributed by atoms with van der Waals surface area (Å²) in [6.45, 7) is 3.76. The van der Waals surface area contributed by atoms with Crippen LogP contribution in [-0.2, 0) is 0 Å². The molecule has 1 amide bonds. The Balaban J connectivity index is 1.84. The van der Waals surface area contributed by atoms with Gasteiger partial charge in [-0.1, -0.05) is 42.5 Å². The number of hydrogen-bond donors (Lipinski definition) is 1. The van der Waals surface area contributed by atoms with E-state index in [1.807, 2.05) is 38.1 Å². The minimum atomic E-state index is -0.267. The number of hydrogen-bond acceptors (Lipinski definition) is 3. The van der Waals surface area contributed by atoms with Crippen LogP contribution < -0.4 is 5.43 Å². The lowest BCUT2D eigenvalue weighted by atomic mass is 10.0. The lowest BCUT2D eigenvalue weighted by Gasteiger charge is -2.07. The molecule has 3 aromatic rings. The zero-order chi connectivity index (χ0) is 16.2. The van der Waals surface area contributed by atoms with E-state index in [1.54, 1.807) is 18.3 Å². The Morgan fingerprint density at radius 2 is 1.83 bits per heavy atom. The molecule has 0 saturated carbocycles. The van der Waals surface area contributed by atoms with E-state index in [0.717, 1.165) is 27.7 Å². The Morgan fingerprint density at radius 1 is 1.04 bits per heavy atom. The van der Waals surface area contributed by atoms with E-state index in [1.165, 1.54) is 0 Å². The molecule has 0 spiro atoms. The van der Waals surface area contributed by atoms with Crippen molar-refractivity contribution in [1.29, 1.82) is 0 Å². The minimum absolute atomic E-state index is 0.267. The maximum atomic E-state index is 12.1. The molecule has 0 aliphatic rings. The van der Waals surface area contributed by atoms with E-state index in [4.69, 9.17) is 0 Å². The smallest absolute Gasteiger partial charge is 0.267 e. The van der Waals surface area contributed by atoms with Gasteiger partial charge in [-0.15, -0.1) is 0 Å². The Morgan fingerprint density at radius 3 is 2.61 bits per heavy atom. The van der Waals surface area contributed by atoms with Crippen LogP contribution in [0.15, 0.2) is 65.9 Å². The summed E-state index contributed by atoms with van der Waals surface area (Å²) in [4.78, 5) is 16.2. The summed E-state index contributed by atoms with van der Waals surface area (Å²) in [5.41, 5.74) is 5.72. The summed E-state index contributed by atoms with van der Waals surface area (Å²) in [5, 5.41) is 6.49. The topological polar surface area (TPSA) is 54.4 Å². The predicted molar refractivity (Wildman–Crippen MR) is 92.6 cm³/mol. The second-order valence-corrected chi connectivity index (χ2v) is 5.35. The minimum Gasteiger partial charge on any atom is -0.267 e. The zero-order valence-corrected chi connectivity index (χ0v) is 13.1. The van der Waals surface area contributed by atoms with Crippen molar-refractivity contribution in [3.63, 3.8) is 0 Å². The summed E-state index contributed by atoms with van der Waals surface area (Å²) in [6.07, 6.45) is 1.55. The third kappa shape index (κ3) is 3.26. The quantitative estimate of drug-likeness (QED) is 0.592. The molecule has 0 bridgehead atoms. The summed E-state index contributed by atoms with van der Waals surface area (Å²) < 4.78 is 0. The van der Waals surface area contributed by atoms with Crippen molar-refractivity contribution in [3.8, 4) is 0 Å². The molecular weight excluding hydrogens is 286 g/mol. The average Bonchev–Trinajstić information content (AvgIpc) is 2.59. The fourth-order valence-electron chi connectivity index (χ4n) is 2.40. The van der Waals surface area contributed by atoms with Gasteiger partial charge in [-0.25, -0.2) is 5.43 Å². The highest BCUT2D eigenvalue weighted by atomic mass is 16.2. The molecule has 0 atom stereocenters. The number of nitrogens with one attached hydrogen (secondary N) is 1. The number of amides is 1. The maximum absolute atomic E-state index is 12.1. The third-order valence-electron chi connectivity index (χ3n) is 3.68. The van der Waals surface area contributed by atoms with E-state index in [-0.39, 0.29) is 5.91 Å². The fraction of sp³-hybridized carbons (Fsp3) is 0.105. The number of aromatic nitrogens is 1. The van der Waals surface area contributed by atoms with E-state index >= 15 is 0 Å². The summed E-state index contributed by atoms with van der Waals surface area (Å²) in [6, 6.07) is 17.7. The summed E-state index contributed by atoms with van der Waals surface area (Å²) >= 11 is 0. The van der Waals surface area contributed by atoms with Gasteiger partial charge in [-0.05, 0) is 36.8 Å². The molecule has 114 valence electrons. The molecule has 1 heterocycles. The Bertz CT molecular complexity index is 877. The van der Waals surface area contributed by atoms with Gasteiger partial charge in [0.2, 0.25) is 0 Å². The van der Waals surface area contributed by atoms with Crippen LogP contribution in [0.1, 0.15) is 28.5 Å². The number of nitrogens with zero attached hydrogens (tertiary/aromatic N) is 2. The number of carbonyl (C=O) groups is 1. The normalized spacial score (nSPS) is 11.5. The highest BCUT2D eigenvalue weighted by molar-refractivity contribution is 6.10. The van der Waals surface area contributed by atoms with Crippen molar-refractivity contribution in [3.05, 3.63) is 77.6 Å². The van der Waals surface area contributed by atoms with Crippen molar-refractivity contribution in [2.45, 2.75) is 13.8 Å². The first-order valence-electron chi connectivity index (χ1n) is 7.40. The molecule has 0 aliphatic carbocycles. The maximum Gasteiger partial charge on any atom is 0.272 e. The second-order valence-electron chi connectivity index (χ2n) is 5.35. The number of hydrazone groups is 1. The number of pyridine rings is 1. The third-order valence-corrected chi connectivity index (χ3v) is 3.68. The largest absolute Gasteiger partial charge is 0.272 e. The molecule has 4 heteroatoms. The molecule has 0 fully saturated rings. The van der Waals surface area contributed by atoms with Crippen molar-refractivity contribution in [2.75, 3.05) is 0 Å². The molecule has 0 aliphatic heterocycles.